The predicted octanol–water partition coefficient (Wildman–Crippen LogP) is 4.51. The Morgan fingerprint density at radius 2 is 1.69 bits per heavy atom. The number of hydrogen-bond acceptors (Lipinski definition) is 4. The average molecular weight is 449 g/mol. The van der Waals surface area contributed by atoms with Crippen molar-refractivity contribution in [3.8, 4) is 11.8 Å². The molecule has 0 bridgehead atoms. The van der Waals surface area contributed by atoms with Gasteiger partial charge in [0.25, 0.3) is 5.91 Å². The van der Waals surface area contributed by atoms with Gasteiger partial charge in [0.05, 0.1) is 5.56 Å². The number of ketones is 1. The number of rotatable bonds is 7. The van der Waals surface area contributed by atoms with Crippen LogP contribution in [0.2, 0.25) is 0 Å². The Bertz CT molecular complexity index is 1070. The number of carbonyl (C=O) groups excluding carboxylic acids is 2. The normalized spacial score (nSPS) is 10.1. The fourth-order valence-corrected chi connectivity index (χ4v) is 3.04. The van der Waals surface area contributed by atoms with Crippen molar-refractivity contribution in [2.45, 2.75) is 6.54 Å². The number of halogens is 1. The third-order valence-corrected chi connectivity index (χ3v) is 4.71. The minimum atomic E-state index is -0.339. The van der Waals surface area contributed by atoms with E-state index in [1.165, 1.54) is 0 Å². The average Bonchev–Trinajstić information content (AvgIpc) is 2.76. The fraction of sp³-hybridized carbons (Fsp3) is 0.0870. The van der Waals surface area contributed by atoms with Crippen LogP contribution in [-0.2, 0) is 6.54 Å². The Balaban J connectivity index is 1.74. The predicted molar refractivity (Wildman–Crippen MR) is 113 cm³/mol. The van der Waals surface area contributed by atoms with Crippen LogP contribution in [0.3, 0.4) is 0 Å². The Morgan fingerprint density at radius 1 is 0.966 bits per heavy atom. The van der Waals surface area contributed by atoms with Gasteiger partial charge >= 0.3 is 0 Å². The number of carbonyl (C=O) groups is 2. The monoisotopic (exact) mass is 448 g/mol. The lowest BCUT2D eigenvalue weighted by Crippen LogP contribution is -2.25. The lowest BCUT2D eigenvalue weighted by molar-refractivity contribution is 0.0939. The molecule has 0 radical (unpaired) electrons. The van der Waals surface area contributed by atoms with E-state index in [1.54, 1.807) is 66.7 Å². The van der Waals surface area contributed by atoms with Crippen molar-refractivity contribution in [3.63, 3.8) is 0 Å². The highest BCUT2D eigenvalue weighted by molar-refractivity contribution is 9.10. The van der Waals surface area contributed by atoms with Crippen molar-refractivity contribution in [3.05, 3.63) is 99.5 Å². The number of benzene rings is 3. The molecule has 0 aliphatic carbocycles. The van der Waals surface area contributed by atoms with Crippen molar-refractivity contribution in [1.82, 2.24) is 5.32 Å². The summed E-state index contributed by atoms with van der Waals surface area (Å²) >= 11 is 3.35. The summed E-state index contributed by atoms with van der Waals surface area (Å²) in [5.74, 6) is 0.00803. The van der Waals surface area contributed by atoms with Gasteiger partial charge in [0.1, 0.15) is 11.8 Å². The van der Waals surface area contributed by atoms with Gasteiger partial charge in [-0.2, -0.15) is 5.26 Å². The lowest BCUT2D eigenvalue weighted by atomic mass is 9.98. The van der Waals surface area contributed by atoms with Crippen molar-refractivity contribution in [1.29, 1.82) is 5.26 Å². The SMILES string of the molecule is N#CCOc1cccc(CNC(=O)c2ccccc2C(=O)c2ccc(Br)cc2)c1. The summed E-state index contributed by atoms with van der Waals surface area (Å²) in [4.78, 5) is 25.6. The van der Waals surface area contributed by atoms with Crippen LogP contribution in [-0.4, -0.2) is 18.3 Å². The maximum Gasteiger partial charge on any atom is 0.252 e. The number of nitriles is 1. The van der Waals surface area contributed by atoms with Gasteiger partial charge in [0.15, 0.2) is 12.4 Å². The topological polar surface area (TPSA) is 79.2 Å². The molecular weight excluding hydrogens is 432 g/mol. The van der Waals surface area contributed by atoms with Crippen molar-refractivity contribution >= 4 is 27.6 Å². The molecule has 3 aromatic rings. The van der Waals surface area contributed by atoms with E-state index in [2.05, 4.69) is 21.2 Å². The van der Waals surface area contributed by atoms with Crippen LogP contribution in [0, 0.1) is 11.3 Å². The Morgan fingerprint density at radius 3 is 2.41 bits per heavy atom. The number of nitrogens with one attached hydrogen (secondary N) is 1. The molecule has 1 N–H and O–H groups in total. The van der Waals surface area contributed by atoms with Gasteiger partial charge in [0, 0.05) is 22.1 Å². The second-order valence-corrected chi connectivity index (χ2v) is 7.07. The van der Waals surface area contributed by atoms with Gasteiger partial charge < -0.3 is 10.1 Å². The molecule has 29 heavy (non-hydrogen) atoms. The van der Waals surface area contributed by atoms with Gasteiger partial charge in [-0.05, 0) is 48.0 Å². The van der Waals surface area contributed by atoms with Crippen molar-refractivity contribution in [2.24, 2.45) is 0 Å². The van der Waals surface area contributed by atoms with Crippen molar-refractivity contribution < 1.29 is 14.3 Å². The molecule has 0 aliphatic heterocycles. The molecule has 0 unspecified atom stereocenters. The van der Waals surface area contributed by atoms with Gasteiger partial charge in [-0.15, -0.1) is 0 Å². The molecule has 144 valence electrons. The molecule has 3 aromatic carbocycles. The highest BCUT2D eigenvalue weighted by atomic mass is 79.9. The number of nitrogens with zero attached hydrogens (tertiary/aromatic N) is 1. The first-order chi connectivity index (χ1) is 14.1. The van der Waals surface area contributed by atoms with Gasteiger partial charge in [-0.3, -0.25) is 9.59 Å². The molecule has 0 fully saturated rings. The third-order valence-electron chi connectivity index (χ3n) is 4.18. The first kappa shape index (κ1) is 20.3. The van der Waals surface area contributed by atoms with E-state index in [1.807, 2.05) is 12.1 Å². The second-order valence-electron chi connectivity index (χ2n) is 6.16. The van der Waals surface area contributed by atoms with E-state index in [9.17, 15) is 9.59 Å². The number of hydrogen-bond donors (Lipinski definition) is 1. The summed E-state index contributed by atoms with van der Waals surface area (Å²) in [6, 6.07) is 22.8. The fourth-order valence-electron chi connectivity index (χ4n) is 2.77. The minimum Gasteiger partial charge on any atom is -0.479 e. The summed E-state index contributed by atoms with van der Waals surface area (Å²) in [5, 5.41) is 11.4. The van der Waals surface area contributed by atoms with E-state index < -0.39 is 0 Å². The highest BCUT2D eigenvalue weighted by Gasteiger charge is 2.18. The Kier molecular flexibility index (Phi) is 6.77. The summed E-state index contributed by atoms with van der Waals surface area (Å²) in [7, 11) is 0. The quantitative estimate of drug-likeness (QED) is 0.539. The van der Waals surface area contributed by atoms with Crippen LogP contribution in [0.4, 0.5) is 0 Å². The Labute approximate surface area is 177 Å². The highest BCUT2D eigenvalue weighted by Crippen LogP contribution is 2.18. The third kappa shape index (κ3) is 5.31. The smallest absolute Gasteiger partial charge is 0.252 e. The first-order valence-corrected chi connectivity index (χ1v) is 9.64. The number of ether oxygens (including phenoxy) is 1. The van der Waals surface area contributed by atoms with E-state index >= 15 is 0 Å². The van der Waals surface area contributed by atoms with Crippen LogP contribution in [0.5, 0.6) is 5.75 Å². The van der Waals surface area contributed by atoms with E-state index in [-0.39, 0.29) is 24.8 Å². The summed E-state index contributed by atoms with van der Waals surface area (Å²) < 4.78 is 6.15. The second kappa shape index (κ2) is 9.67. The Hall–Kier alpha value is -3.43. The molecule has 0 saturated heterocycles. The van der Waals surface area contributed by atoms with Crippen LogP contribution >= 0.6 is 15.9 Å². The maximum absolute atomic E-state index is 12.9. The molecule has 0 heterocycles. The first-order valence-electron chi connectivity index (χ1n) is 8.84. The molecule has 5 nitrogen and oxygen atoms in total. The van der Waals surface area contributed by atoms with E-state index in [4.69, 9.17) is 10.00 Å². The summed E-state index contributed by atoms with van der Waals surface area (Å²) in [6.45, 7) is 0.227. The van der Waals surface area contributed by atoms with Gasteiger partial charge in [-0.25, -0.2) is 0 Å². The molecule has 6 heteroatoms. The molecule has 3 rings (SSSR count). The molecule has 0 saturated carbocycles. The minimum absolute atomic E-state index is 0.0403. The van der Waals surface area contributed by atoms with Crippen LogP contribution in [0.1, 0.15) is 31.8 Å². The molecule has 0 atom stereocenters. The lowest BCUT2D eigenvalue weighted by Gasteiger charge is -2.11. The van der Waals surface area contributed by atoms with E-state index in [0.29, 0.717) is 22.4 Å². The largest absolute Gasteiger partial charge is 0.479 e. The van der Waals surface area contributed by atoms with Gasteiger partial charge in [0.2, 0.25) is 0 Å². The maximum atomic E-state index is 12.9. The molecular formula is C23H17BrN2O3. The molecule has 0 spiro atoms. The molecule has 0 aliphatic rings. The molecule has 0 aromatic heterocycles. The van der Waals surface area contributed by atoms with E-state index in [0.717, 1.165) is 10.0 Å². The van der Waals surface area contributed by atoms with Crippen LogP contribution in [0.15, 0.2) is 77.3 Å². The number of amides is 1. The summed E-state index contributed by atoms with van der Waals surface area (Å²) in [5.41, 5.74) is 2.00. The summed E-state index contributed by atoms with van der Waals surface area (Å²) in [6.07, 6.45) is 0. The van der Waals surface area contributed by atoms with Crippen LogP contribution in [0.25, 0.3) is 0 Å². The van der Waals surface area contributed by atoms with Gasteiger partial charge in [-0.1, -0.05) is 46.3 Å². The van der Waals surface area contributed by atoms with Crippen molar-refractivity contribution in [2.75, 3.05) is 6.61 Å². The zero-order valence-electron chi connectivity index (χ0n) is 15.4. The van der Waals surface area contributed by atoms with Crippen LogP contribution < -0.4 is 10.1 Å². The zero-order valence-corrected chi connectivity index (χ0v) is 17.0. The molecule has 1 amide bonds. The standard InChI is InChI=1S/C23H17BrN2O3/c24-18-10-8-17(9-11-18)22(27)20-6-1-2-7-21(20)23(28)26-15-16-4-3-5-19(14-16)29-13-12-25/h1-11,14H,13,15H2,(H,26,28). The zero-order chi connectivity index (χ0) is 20.6.